The first-order valence-corrected chi connectivity index (χ1v) is 7.39. The van der Waals surface area contributed by atoms with Gasteiger partial charge in [-0.05, 0) is 37.0 Å². The van der Waals surface area contributed by atoms with E-state index in [0.717, 1.165) is 23.9 Å². The highest BCUT2D eigenvalue weighted by atomic mass is 16.5. The lowest BCUT2D eigenvalue weighted by Gasteiger charge is -2.23. The molecule has 0 bridgehead atoms. The molecule has 0 atom stereocenters. The molecule has 0 aliphatic carbocycles. The Bertz CT molecular complexity index is 615. The van der Waals surface area contributed by atoms with E-state index < -0.39 is 0 Å². The molecule has 0 amide bonds. The largest absolute Gasteiger partial charge is 0.457 e. The third-order valence-electron chi connectivity index (χ3n) is 3.26. The van der Waals surface area contributed by atoms with Crippen molar-refractivity contribution in [2.24, 2.45) is 0 Å². The summed E-state index contributed by atoms with van der Waals surface area (Å²) in [6, 6.07) is 10.2. The highest BCUT2D eigenvalue weighted by Crippen LogP contribution is 2.35. The Balaban J connectivity index is 2.34. The highest BCUT2D eigenvalue weighted by Gasteiger charge is 2.19. The SMILES string of the molecule is CCNc1cc(Oc2cc(C)ccc2C(C)(C)C)ccn1. The number of hydrogen-bond donors (Lipinski definition) is 1. The maximum Gasteiger partial charge on any atom is 0.132 e. The molecule has 0 unspecified atom stereocenters. The van der Waals surface area contributed by atoms with E-state index in [2.05, 4.69) is 56.2 Å². The van der Waals surface area contributed by atoms with Crippen LogP contribution in [0.5, 0.6) is 11.5 Å². The van der Waals surface area contributed by atoms with Gasteiger partial charge >= 0.3 is 0 Å². The van der Waals surface area contributed by atoms with Gasteiger partial charge in [-0.15, -0.1) is 0 Å². The van der Waals surface area contributed by atoms with Gasteiger partial charge in [-0.2, -0.15) is 0 Å². The molecule has 21 heavy (non-hydrogen) atoms. The number of nitrogens with zero attached hydrogens (tertiary/aromatic N) is 1. The Hall–Kier alpha value is -2.03. The zero-order valence-electron chi connectivity index (χ0n) is 13.5. The Morgan fingerprint density at radius 1 is 1.14 bits per heavy atom. The maximum atomic E-state index is 6.12. The van der Waals surface area contributed by atoms with E-state index in [1.165, 1.54) is 11.1 Å². The first-order chi connectivity index (χ1) is 9.90. The molecule has 1 N–H and O–H groups in total. The van der Waals surface area contributed by atoms with E-state index in [4.69, 9.17) is 4.74 Å². The monoisotopic (exact) mass is 284 g/mol. The van der Waals surface area contributed by atoms with Gasteiger partial charge in [0.05, 0.1) is 0 Å². The first kappa shape index (κ1) is 15.4. The van der Waals surface area contributed by atoms with Gasteiger partial charge in [0.2, 0.25) is 0 Å². The zero-order chi connectivity index (χ0) is 15.5. The minimum atomic E-state index is 0.0422. The Morgan fingerprint density at radius 2 is 1.90 bits per heavy atom. The van der Waals surface area contributed by atoms with E-state index in [1.807, 2.05) is 19.1 Å². The van der Waals surface area contributed by atoms with Crippen LogP contribution in [0.25, 0.3) is 0 Å². The minimum absolute atomic E-state index is 0.0422. The molecule has 3 heteroatoms. The van der Waals surface area contributed by atoms with Crippen molar-refractivity contribution in [1.82, 2.24) is 4.98 Å². The van der Waals surface area contributed by atoms with Crippen LogP contribution in [0.1, 0.15) is 38.8 Å². The van der Waals surface area contributed by atoms with E-state index in [-0.39, 0.29) is 5.41 Å². The van der Waals surface area contributed by atoms with Crippen LogP contribution in [0.2, 0.25) is 0 Å². The molecular weight excluding hydrogens is 260 g/mol. The van der Waals surface area contributed by atoms with Crippen molar-refractivity contribution in [3.63, 3.8) is 0 Å². The van der Waals surface area contributed by atoms with Gasteiger partial charge in [0.15, 0.2) is 0 Å². The van der Waals surface area contributed by atoms with Crippen molar-refractivity contribution in [3.8, 4) is 11.5 Å². The number of anilines is 1. The van der Waals surface area contributed by atoms with Gasteiger partial charge in [0.1, 0.15) is 17.3 Å². The summed E-state index contributed by atoms with van der Waals surface area (Å²) in [5.41, 5.74) is 2.44. The average Bonchev–Trinajstić information content (AvgIpc) is 2.38. The van der Waals surface area contributed by atoms with Crippen molar-refractivity contribution in [1.29, 1.82) is 0 Å². The third-order valence-corrected chi connectivity index (χ3v) is 3.26. The van der Waals surface area contributed by atoms with Gasteiger partial charge in [-0.1, -0.05) is 32.9 Å². The molecule has 0 saturated heterocycles. The summed E-state index contributed by atoms with van der Waals surface area (Å²) in [7, 11) is 0. The van der Waals surface area contributed by atoms with Crippen molar-refractivity contribution < 1.29 is 4.74 Å². The molecule has 0 aliphatic heterocycles. The van der Waals surface area contributed by atoms with Crippen LogP contribution >= 0.6 is 0 Å². The zero-order valence-corrected chi connectivity index (χ0v) is 13.5. The number of ether oxygens (including phenoxy) is 1. The predicted molar refractivity (Wildman–Crippen MR) is 88.4 cm³/mol. The predicted octanol–water partition coefficient (Wildman–Crippen LogP) is 4.91. The smallest absolute Gasteiger partial charge is 0.132 e. The third kappa shape index (κ3) is 3.97. The van der Waals surface area contributed by atoms with Crippen molar-refractivity contribution >= 4 is 5.82 Å². The van der Waals surface area contributed by atoms with Gasteiger partial charge < -0.3 is 10.1 Å². The first-order valence-electron chi connectivity index (χ1n) is 7.39. The fraction of sp³-hybridized carbons (Fsp3) is 0.389. The van der Waals surface area contributed by atoms with E-state index in [1.54, 1.807) is 6.20 Å². The summed E-state index contributed by atoms with van der Waals surface area (Å²) in [5.74, 6) is 2.55. The van der Waals surface area contributed by atoms with Gasteiger partial charge in [-0.3, -0.25) is 0 Å². The highest BCUT2D eigenvalue weighted by molar-refractivity contribution is 5.46. The number of aryl methyl sites for hydroxylation is 1. The second kappa shape index (κ2) is 6.17. The molecular formula is C18H24N2O. The molecule has 0 saturated carbocycles. The van der Waals surface area contributed by atoms with E-state index in [9.17, 15) is 0 Å². The molecule has 1 aromatic heterocycles. The quantitative estimate of drug-likeness (QED) is 0.866. The van der Waals surface area contributed by atoms with E-state index >= 15 is 0 Å². The summed E-state index contributed by atoms with van der Waals surface area (Å²) >= 11 is 0. The lowest BCUT2D eigenvalue weighted by atomic mass is 9.86. The molecule has 0 fully saturated rings. The van der Waals surface area contributed by atoms with Crippen molar-refractivity contribution in [2.75, 3.05) is 11.9 Å². The molecule has 0 aliphatic rings. The fourth-order valence-electron chi connectivity index (χ4n) is 2.21. The molecule has 112 valence electrons. The van der Waals surface area contributed by atoms with Crippen LogP contribution in [-0.2, 0) is 5.41 Å². The second-order valence-electron chi connectivity index (χ2n) is 6.26. The van der Waals surface area contributed by atoms with E-state index in [0.29, 0.717) is 0 Å². The van der Waals surface area contributed by atoms with Crippen LogP contribution in [0.15, 0.2) is 36.5 Å². The topological polar surface area (TPSA) is 34.1 Å². The number of benzene rings is 1. The molecule has 1 heterocycles. The lowest BCUT2D eigenvalue weighted by Crippen LogP contribution is -2.12. The van der Waals surface area contributed by atoms with Crippen LogP contribution in [0.3, 0.4) is 0 Å². The normalized spacial score (nSPS) is 11.3. The Kier molecular flexibility index (Phi) is 4.51. The van der Waals surface area contributed by atoms with Crippen LogP contribution in [0.4, 0.5) is 5.82 Å². The van der Waals surface area contributed by atoms with Gasteiger partial charge in [0.25, 0.3) is 0 Å². The number of rotatable bonds is 4. The summed E-state index contributed by atoms with van der Waals surface area (Å²) in [6.07, 6.45) is 1.76. The Morgan fingerprint density at radius 3 is 2.57 bits per heavy atom. The fourth-order valence-corrected chi connectivity index (χ4v) is 2.21. The van der Waals surface area contributed by atoms with Crippen molar-refractivity contribution in [2.45, 2.75) is 40.0 Å². The van der Waals surface area contributed by atoms with Crippen LogP contribution in [0, 0.1) is 6.92 Å². The molecule has 0 radical (unpaired) electrons. The molecule has 2 rings (SSSR count). The number of nitrogens with one attached hydrogen (secondary N) is 1. The average molecular weight is 284 g/mol. The van der Waals surface area contributed by atoms with Gasteiger partial charge in [0, 0.05) is 24.4 Å². The summed E-state index contributed by atoms with van der Waals surface area (Å²) in [6.45, 7) is 11.6. The molecule has 1 aromatic carbocycles. The Labute approximate surface area is 127 Å². The van der Waals surface area contributed by atoms with Crippen molar-refractivity contribution in [3.05, 3.63) is 47.7 Å². The number of pyridine rings is 1. The molecule has 0 spiro atoms. The summed E-state index contributed by atoms with van der Waals surface area (Å²) < 4.78 is 6.12. The second-order valence-corrected chi connectivity index (χ2v) is 6.26. The number of aromatic nitrogens is 1. The molecule has 2 aromatic rings. The summed E-state index contributed by atoms with van der Waals surface area (Å²) in [5, 5.41) is 3.20. The minimum Gasteiger partial charge on any atom is -0.457 e. The summed E-state index contributed by atoms with van der Waals surface area (Å²) in [4.78, 5) is 4.27. The molecule has 3 nitrogen and oxygen atoms in total. The van der Waals surface area contributed by atoms with Crippen LogP contribution in [-0.4, -0.2) is 11.5 Å². The lowest BCUT2D eigenvalue weighted by molar-refractivity contribution is 0.454. The standard InChI is InChI=1S/C18H24N2O/c1-6-19-17-12-14(9-10-20-17)21-16-11-13(2)7-8-15(16)18(3,4)5/h7-12H,6H2,1-5H3,(H,19,20). The maximum absolute atomic E-state index is 6.12. The number of hydrogen-bond acceptors (Lipinski definition) is 3. The van der Waals surface area contributed by atoms with Gasteiger partial charge in [-0.25, -0.2) is 4.98 Å². The van der Waals surface area contributed by atoms with Crippen LogP contribution < -0.4 is 10.1 Å².